The van der Waals surface area contributed by atoms with Gasteiger partial charge in [0, 0.05) is 6.04 Å². The predicted molar refractivity (Wildman–Crippen MR) is 77.3 cm³/mol. The Morgan fingerprint density at radius 2 is 2.19 bits per heavy atom. The summed E-state index contributed by atoms with van der Waals surface area (Å²) >= 11 is 0. The molecule has 2 atom stereocenters. The fourth-order valence-corrected chi connectivity index (χ4v) is 3.26. The largest absolute Gasteiger partial charge is 0.494 e. The lowest BCUT2D eigenvalue weighted by atomic mass is 9.79. The van der Waals surface area contributed by atoms with Crippen LogP contribution in [0, 0.1) is 11.7 Å². The predicted octanol–water partition coefficient (Wildman–Crippen LogP) is 2.45. The van der Waals surface area contributed by atoms with Crippen LogP contribution in [0.25, 0.3) is 0 Å². The summed E-state index contributed by atoms with van der Waals surface area (Å²) in [5.41, 5.74) is 0.769. The van der Waals surface area contributed by atoms with Crippen LogP contribution >= 0.6 is 0 Å². The van der Waals surface area contributed by atoms with Gasteiger partial charge in [0.15, 0.2) is 11.6 Å². The molecule has 1 aromatic rings. The molecular weight excluding hydrogens is 271 g/mol. The maximum absolute atomic E-state index is 13.9. The molecule has 0 bridgehead atoms. The molecule has 5 heteroatoms. The second kappa shape index (κ2) is 5.64. The summed E-state index contributed by atoms with van der Waals surface area (Å²) in [6.07, 6.45) is 3.35. The Morgan fingerprint density at radius 1 is 1.43 bits per heavy atom. The summed E-state index contributed by atoms with van der Waals surface area (Å²) in [7, 11) is 1.44. The zero-order chi connectivity index (χ0) is 15.0. The van der Waals surface area contributed by atoms with Crippen LogP contribution in [0.4, 0.5) is 4.39 Å². The molecule has 1 saturated carbocycles. The molecule has 2 aliphatic rings. The summed E-state index contributed by atoms with van der Waals surface area (Å²) in [5, 5.41) is 3.19. The number of halogens is 1. The molecule has 1 heterocycles. The van der Waals surface area contributed by atoms with Gasteiger partial charge in [0.05, 0.1) is 13.7 Å². The van der Waals surface area contributed by atoms with Crippen molar-refractivity contribution < 1.29 is 13.9 Å². The van der Waals surface area contributed by atoms with Crippen LogP contribution in [0.5, 0.6) is 5.75 Å². The number of carbonyl (C=O) groups is 1. The Hall–Kier alpha value is -1.62. The zero-order valence-corrected chi connectivity index (χ0v) is 12.4. The van der Waals surface area contributed by atoms with E-state index in [1.165, 1.54) is 32.4 Å². The normalized spacial score (nSPS) is 24.0. The van der Waals surface area contributed by atoms with E-state index in [9.17, 15) is 9.18 Å². The first-order valence-electron chi connectivity index (χ1n) is 7.50. The highest BCUT2D eigenvalue weighted by atomic mass is 19.1. The molecule has 1 aromatic carbocycles. The molecule has 3 rings (SSSR count). The minimum absolute atomic E-state index is 0.0932. The van der Waals surface area contributed by atoms with E-state index in [2.05, 4.69) is 12.2 Å². The van der Waals surface area contributed by atoms with Crippen molar-refractivity contribution in [3.63, 3.8) is 0 Å². The van der Waals surface area contributed by atoms with Crippen molar-refractivity contribution in [2.24, 2.45) is 5.92 Å². The lowest BCUT2D eigenvalue weighted by Gasteiger charge is -2.39. The second-order valence-corrected chi connectivity index (χ2v) is 5.91. The van der Waals surface area contributed by atoms with Crippen molar-refractivity contribution in [1.29, 1.82) is 0 Å². The number of hydrogen-bond acceptors (Lipinski definition) is 3. The molecular formula is C16H21FN2O2. The van der Waals surface area contributed by atoms with E-state index in [-0.39, 0.29) is 23.9 Å². The van der Waals surface area contributed by atoms with Gasteiger partial charge in [-0.2, -0.15) is 0 Å². The molecule has 0 spiro atoms. The molecule has 1 aliphatic carbocycles. The molecule has 1 saturated heterocycles. The van der Waals surface area contributed by atoms with Gasteiger partial charge in [-0.15, -0.1) is 0 Å². The van der Waals surface area contributed by atoms with E-state index < -0.39 is 5.82 Å². The molecule has 2 unspecified atom stereocenters. The summed E-state index contributed by atoms with van der Waals surface area (Å²) in [6, 6.07) is 5.08. The highest BCUT2D eigenvalue weighted by Crippen LogP contribution is 2.36. The number of rotatable bonds is 4. The monoisotopic (exact) mass is 292 g/mol. The number of carbonyl (C=O) groups excluding carboxylic acids is 1. The van der Waals surface area contributed by atoms with Crippen LogP contribution in [0.15, 0.2) is 18.2 Å². The van der Waals surface area contributed by atoms with Crippen LogP contribution in [-0.4, -0.2) is 30.5 Å². The van der Waals surface area contributed by atoms with Crippen molar-refractivity contribution >= 4 is 5.91 Å². The Bertz CT molecular complexity index is 545. The third-order valence-electron chi connectivity index (χ3n) is 4.78. The molecule has 1 aliphatic heterocycles. The maximum Gasteiger partial charge on any atom is 0.238 e. The number of amides is 1. The Balaban J connectivity index is 1.85. The van der Waals surface area contributed by atoms with Gasteiger partial charge in [0.1, 0.15) is 6.17 Å². The van der Waals surface area contributed by atoms with Gasteiger partial charge in [0.25, 0.3) is 0 Å². The average molecular weight is 292 g/mol. The molecule has 4 nitrogen and oxygen atoms in total. The fourth-order valence-electron chi connectivity index (χ4n) is 3.26. The van der Waals surface area contributed by atoms with E-state index in [0.29, 0.717) is 12.5 Å². The molecule has 0 aromatic heterocycles. The standard InChI is InChI=1S/C16H21FN2O2/c1-10(11-4-3-5-11)19-15(20)9-18-16(19)12-6-7-14(21-2)13(17)8-12/h6-8,10-11,16,18H,3-5,9H2,1-2H3. The van der Waals surface area contributed by atoms with Crippen LogP contribution < -0.4 is 10.1 Å². The Morgan fingerprint density at radius 3 is 2.76 bits per heavy atom. The number of nitrogens with one attached hydrogen (secondary N) is 1. The zero-order valence-electron chi connectivity index (χ0n) is 12.4. The van der Waals surface area contributed by atoms with Crippen LogP contribution in [0.3, 0.4) is 0 Å². The highest BCUT2D eigenvalue weighted by Gasteiger charge is 2.39. The lowest BCUT2D eigenvalue weighted by Crippen LogP contribution is -2.44. The van der Waals surface area contributed by atoms with E-state index >= 15 is 0 Å². The highest BCUT2D eigenvalue weighted by molar-refractivity contribution is 5.81. The topological polar surface area (TPSA) is 41.6 Å². The number of methoxy groups -OCH3 is 1. The van der Waals surface area contributed by atoms with Crippen LogP contribution in [0.1, 0.15) is 37.9 Å². The van der Waals surface area contributed by atoms with Crippen molar-refractivity contribution in [3.05, 3.63) is 29.6 Å². The van der Waals surface area contributed by atoms with E-state index in [1.807, 2.05) is 11.0 Å². The number of benzene rings is 1. The van der Waals surface area contributed by atoms with Gasteiger partial charge in [-0.25, -0.2) is 4.39 Å². The van der Waals surface area contributed by atoms with Gasteiger partial charge in [-0.05, 0) is 43.4 Å². The molecule has 21 heavy (non-hydrogen) atoms. The molecule has 1 amide bonds. The van der Waals surface area contributed by atoms with Crippen molar-refractivity contribution in [3.8, 4) is 5.75 Å². The number of ether oxygens (including phenoxy) is 1. The lowest BCUT2D eigenvalue weighted by molar-refractivity contribution is -0.131. The maximum atomic E-state index is 13.9. The number of hydrogen-bond donors (Lipinski definition) is 1. The van der Waals surface area contributed by atoms with Crippen LogP contribution in [0.2, 0.25) is 0 Å². The minimum Gasteiger partial charge on any atom is -0.494 e. The summed E-state index contributed by atoms with van der Waals surface area (Å²) < 4.78 is 18.9. The third-order valence-corrected chi connectivity index (χ3v) is 4.78. The molecule has 2 fully saturated rings. The first-order valence-corrected chi connectivity index (χ1v) is 7.50. The van der Waals surface area contributed by atoms with Gasteiger partial charge in [-0.3, -0.25) is 10.1 Å². The summed E-state index contributed by atoms with van der Waals surface area (Å²) in [6.45, 7) is 2.41. The van der Waals surface area contributed by atoms with Gasteiger partial charge in [0.2, 0.25) is 5.91 Å². The van der Waals surface area contributed by atoms with Crippen molar-refractivity contribution in [2.75, 3.05) is 13.7 Å². The first kappa shape index (κ1) is 14.3. The second-order valence-electron chi connectivity index (χ2n) is 5.91. The molecule has 1 N–H and O–H groups in total. The van der Waals surface area contributed by atoms with Crippen molar-refractivity contribution in [1.82, 2.24) is 10.2 Å². The smallest absolute Gasteiger partial charge is 0.238 e. The van der Waals surface area contributed by atoms with Gasteiger partial charge in [-0.1, -0.05) is 12.5 Å². The summed E-state index contributed by atoms with van der Waals surface area (Å²) in [4.78, 5) is 14.1. The average Bonchev–Trinajstić information content (AvgIpc) is 2.78. The van der Waals surface area contributed by atoms with E-state index in [0.717, 1.165) is 5.56 Å². The third kappa shape index (κ3) is 2.50. The first-order chi connectivity index (χ1) is 10.1. The molecule has 0 radical (unpaired) electrons. The molecule has 114 valence electrons. The number of nitrogens with zero attached hydrogens (tertiary/aromatic N) is 1. The van der Waals surface area contributed by atoms with Crippen LogP contribution in [-0.2, 0) is 4.79 Å². The summed E-state index contributed by atoms with van der Waals surface area (Å²) in [5.74, 6) is 0.490. The fraction of sp³-hybridized carbons (Fsp3) is 0.562. The van der Waals surface area contributed by atoms with Gasteiger partial charge < -0.3 is 9.64 Å². The Kier molecular flexibility index (Phi) is 3.85. The van der Waals surface area contributed by atoms with Gasteiger partial charge >= 0.3 is 0 Å². The quantitative estimate of drug-likeness (QED) is 0.927. The van der Waals surface area contributed by atoms with E-state index in [4.69, 9.17) is 4.74 Å². The van der Waals surface area contributed by atoms with Crippen molar-refractivity contribution in [2.45, 2.75) is 38.4 Å². The SMILES string of the molecule is COc1ccc(C2NCC(=O)N2C(C)C2CCC2)cc1F. The minimum atomic E-state index is -0.396. The van der Waals surface area contributed by atoms with E-state index in [1.54, 1.807) is 6.07 Å². The Labute approximate surface area is 124 Å².